The summed E-state index contributed by atoms with van der Waals surface area (Å²) in [5.74, 6) is -0.643. The molecule has 0 fully saturated rings. The predicted octanol–water partition coefficient (Wildman–Crippen LogP) is 2.71. The molecule has 2 aliphatic rings. The summed E-state index contributed by atoms with van der Waals surface area (Å²) >= 11 is -1.90. The second kappa shape index (κ2) is 4.83. The molecular weight excluding hydrogens is 317 g/mol. The van der Waals surface area contributed by atoms with E-state index in [2.05, 4.69) is 5.16 Å². The molecule has 1 aliphatic carbocycles. The number of carbonyl (C=O) groups excluding carboxylic acids is 1. The molecule has 2 aromatic rings. The molecule has 0 bridgehead atoms. The summed E-state index contributed by atoms with van der Waals surface area (Å²) in [6.45, 7) is 1.92. The molecule has 2 atom stereocenters. The van der Waals surface area contributed by atoms with Crippen LogP contribution in [0.15, 0.2) is 47.6 Å². The lowest BCUT2D eigenvalue weighted by Crippen LogP contribution is -2.46. The zero-order valence-corrected chi connectivity index (χ0v) is 13.0. The van der Waals surface area contributed by atoms with E-state index < -0.39 is 15.8 Å². The van der Waals surface area contributed by atoms with E-state index >= 15 is 0 Å². The number of rotatable bonds is 1. The van der Waals surface area contributed by atoms with Gasteiger partial charge in [0.2, 0.25) is 0 Å². The lowest BCUT2D eigenvalue weighted by atomic mass is 9.92. The topological polar surface area (TPSA) is 55.7 Å². The molecule has 1 aliphatic heterocycles. The van der Waals surface area contributed by atoms with Crippen molar-refractivity contribution in [2.24, 2.45) is 5.16 Å². The van der Waals surface area contributed by atoms with Crippen LogP contribution in [0.4, 0.5) is 4.39 Å². The van der Waals surface area contributed by atoms with Crippen molar-refractivity contribution in [2.45, 2.75) is 18.1 Å². The molecule has 23 heavy (non-hydrogen) atoms. The number of oxime groups is 1. The van der Waals surface area contributed by atoms with Crippen molar-refractivity contribution in [1.82, 2.24) is 0 Å². The van der Waals surface area contributed by atoms with Crippen LogP contribution in [0.1, 0.15) is 27.0 Å². The lowest BCUT2D eigenvalue weighted by molar-refractivity contribution is 0.0981. The first-order valence-corrected chi connectivity index (χ1v) is 8.18. The molecule has 0 N–H and O–H groups in total. The molecule has 116 valence electrons. The third-order valence-electron chi connectivity index (χ3n) is 4.43. The maximum absolute atomic E-state index is 13.2. The van der Waals surface area contributed by atoms with Crippen LogP contribution in [0.5, 0.6) is 0 Å². The van der Waals surface area contributed by atoms with E-state index in [4.69, 9.17) is 4.28 Å². The number of nitrogens with zero attached hydrogens (tertiary/aromatic N) is 1. The number of Topliss-reactive ketones (excluding diaryl/α,β-unsaturated/α-hetero) is 1. The standard InChI is InChI=1S/C17H12FNO3S/c1-10-3-2-4-13-14(10)9-17(16(13)20)15(19-22-23(17)21)11-5-7-12(18)8-6-11/h2-8H,9H2,1H3/t17-,23+/m0/s1. The average molecular weight is 329 g/mol. The summed E-state index contributed by atoms with van der Waals surface area (Å²) < 4.78 is 29.3. The van der Waals surface area contributed by atoms with Crippen molar-refractivity contribution < 1.29 is 17.7 Å². The molecule has 0 saturated heterocycles. The third-order valence-corrected chi connectivity index (χ3v) is 5.73. The van der Waals surface area contributed by atoms with Crippen molar-refractivity contribution in [3.8, 4) is 0 Å². The molecule has 6 heteroatoms. The normalized spacial score (nSPS) is 25.4. The van der Waals surface area contributed by atoms with Crippen LogP contribution >= 0.6 is 0 Å². The summed E-state index contributed by atoms with van der Waals surface area (Å²) in [4.78, 5) is 13.0. The van der Waals surface area contributed by atoms with Crippen LogP contribution in [-0.2, 0) is 21.8 Å². The molecule has 2 aromatic carbocycles. The summed E-state index contributed by atoms with van der Waals surface area (Å²) in [6, 6.07) is 11.1. The minimum atomic E-state index is -1.90. The molecule has 0 amide bonds. The first-order valence-electron chi connectivity index (χ1n) is 7.11. The van der Waals surface area contributed by atoms with Gasteiger partial charge in [0.1, 0.15) is 11.5 Å². The van der Waals surface area contributed by atoms with Crippen molar-refractivity contribution in [1.29, 1.82) is 0 Å². The van der Waals surface area contributed by atoms with Crippen LogP contribution in [0.2, 0.25) is 0 Å². The zero-order chi connectivity index (χ0) is 16.2. The number of aryl methyl sites for hydroxylation is 1. The second-order valence-corrected chi connectivity index (χ2v) is 7.01. The fourth-order valence-electron chi connectivity index (χ4n) is 3.20. The molecule has 0 aromatic heterocycles. The molecule has 1 heterocycles. The van der Waals surface area contributed by atoms with Crippen LogP contribution in [-0.4, -0.2) is 20.5 Å². The quantitative estimate of drug-likeness (QED) is 0.808. The van der Waals surface area contributed by atoms with Gasteiger partial charge in [-0.1, -0.05) is 35.5 Å². The Balaban J connectivity index is 1.88. The van der Waals surface area contributed by atoms with Gasteiger partial charge in [0.05, 0.1) is 0 Å². The van der Waals surface area contributed by atoms with Crippen LogP contribution < -0.4 is 0 Å². The molecule has 4 rings (SSSR count). The van der Waals surface area contributed by atoms with Crippen molar-refractivity contribution in [3.63, 3.8) is 0 Å². The highest BCUT2D eigenvalue weighted by atomic mass is 32.2. The average Bonchev–Trinajstić information content (AvgIpc) is 3.03. The lowest BCUT2D eigenvalue weighted by Gasteiger charge is -2.18. The molecule has 0 radical (unpaired) electrons. The van der Waals surface area contributed by atoms with Crippen molar-refractivity contribution in [3.05, 3.63) is 70.5 Å². The Morgan fingerprint density at radius 3 is 2.65 bits per heavy atom. The van der Waals surface area contributed by atoms with Crippen molar-refractivity contribution >= 4 is 22.6 Å². The SMILES string of the molecule is Cc1cccc2c1C[C@@]1(C2=O)C(c2ccc(F)cc2)=NO[S@]1=O. The predicted molar refractivity (Wildman–Crippen MR) is 84.1 cm³/mol. The number of hydrogen-bond acceptors (Lipinski definition) is 4. The van der Waals surface area contributed by atoms with Gasteiger partial charge in [-0.2, -0.15) is 0 Å². The van der Waals surface area contributed by atoms with E-state index in [1.54, 1.807) is 12.1 Å². The minimum absolute atomic E-state index is 0.255. The Morgan fingerprint density at radius 2 is 1.96 bits per heavy atom. The molecule has 0 unspecified atom stereocenters. The van der Waals surface area contributed by atoms with Gasteiger partial charge in [-0.25, -0.2) is 8.60 Å². The van der Waals surface area contributed by atoms with Gasteiger partial charge in [0.15, 0.2) is 10.5 Å². The highest BCUT2D eigenvalue weighted by molar-refractivity contribution is 7.84. The second-order valence-electron chi connectivity index (χ2n) is 5.69. The summed E-state index contributed by atoms with van der Waals surface area (Å²) in [5.41, 5.74) is 3.23. The number of fused-ring (bicyclic) bond motifs is 1. The Hall–Kier alpha value is -2.34. The Labute approximate surface area is 134 Å². The van der Waals surface area contributed by atoms with Gasteiger partial charge in [0, 0.05) is 17.5 Å². The van der Waals surface area contributed by atoms with Gasteiger partial charge >= 0.3 is 0 Å². The smallest absolute Gasteiger partial charge is 0.253 e. The highest BCUT2D eigenvalue weighted by Gasteiger charge is 2.60. The summed E-state index contributed by atoms with van der Waals surface area (Å²) in [5, 5.41) is 3.89. The Kier molecular flexibility index (Phi) is 2.99. The van der Waals surface area contributed by atoms with Gasteiger partial charge in [-0.15, -0.1) is 0 Å². The first-order chi connectivity index (χ1) is 11.0. The number of benzene rings is 2. The Morgan fingerprint density at radius 1 is 1.22 bits per heavy atom. The zero-order valence-electron chi connectivity index (χ0n) is 12.2. The van der Waals surface area contributed by atoms with Crippen LogP contribution in [0.3, 0.4) is 0 Å². The fourth-order valence-corrected chi connectivity index (χ4v) is 4.31. The number of hydrogen-bond donors (Lipinski definition) is 0. The molecule has 0 saturated carbocycles. The van der Waals surface area contributed by atoms with E-state index in [9.17, 15) is 13.4 Å². The maximum Gasteiger partial charge on any atom is 0.253 e. The summed E-state index contributed by atoms with van der Waals surface area (Å²) in [7, 11) is 0. The maximum atomic E-state index is 13.2. The van der Waals surface area contributed by atoms with E-state index in [-0.39, 0.29) is 18.0 Å². The number of halogens is 1. The Bertz CT molecular complexity index is 891. The summed E-state index contributed by atoms with van der Waals surface area (Å²) in [6.07, 6.45) is 0.274. The largest absolute Gasteiger partial charge is 0.292 e. The minimum Gasteiger partial charge on any atom is -0.292 e. The monoisotopic (exact) mass is 329 g/mol. The fraction of sp³-hybridized carbons (Fsp3) is 0.176. The first kappa shape index (κ1) is 14.3. The molecular formula is C17H12FNO3S. The number of ketones is 1. The van der Waals surface area contributed by atoms with Crippen LogP contribution in [0.25, 0.3) is 0 Å². The number of carbonyl (C=O) groups is 1. The van der Waals surface area contributed by atoms with Gasteiger partial charge in [-0.05, 0) is 30.2 Å². The van der Waals surface area contributed by atoms with Gasteiger partial charge < -0.3 is 0 Å². The van der Waals surface area contributed by atoms with Crippen molar-refractivity contribution in [2.75, 3.05) is 0 Å². The third kappa shape index (κ3) is 1.84. The van der Waals surface area contributed by atoms with Gasteiger partial charge in [-0.3, -0.25) is 9.08 Å². The van der Waals surface area contributed by atoms with Crippen LogP contribution in [0, 0.1) is 12.7 Å². The van der Waals surface area contributed by atoms with E-state index in [0.717, 1.165) is 11.1 Å². The highest BCUT2D eigenvalue weighted by Crippen LogP contribution is 2.42. The molecule has 4 nitrogen and oxygen atoms in total. The van der Waals surface area contributed by atoms with E-state index in [1.165, 1.54) is 24.3 Å². The van der Waals surface area contributed by atoms with E-state index in [1.807, 2.05) is 13.0 Å². The van der Waals surface area contributed by atoms with Gasteiger partial charge in [0.25, 0.3) is 11.1 Å². The van der Waals surface area contributed by atoms with E-state index in [0.29, 0.717) is 16.8 Å². The molecule has 1 spiro atoms.